The molecule has 0 radical (unpaired) electrons. The third kappa shape index (κ3) is 11.3. The van der Waals surface area contributed by atoms with Crippen LogP contribution >= 0.6 is 0 Å². The fraction of sp³-hybridized carbons (Fsp3) is 0.407. The number of hydrogen-bond acceptors (Lipinski definition) is 13. The number of aromatic nitrogens is 2. The molecule has 4 heterocycles. The first-order valence-corrected chi connectivity index (χ1v) is 24.0. The second kappa shape index (κ2) is 22.6. The van der Waals surface area contributed by atoms with E-state index in [0.717, 1.165) is 50.1 Å². The summed E-state index contributed by atoms with van der Waals surface area (Å²) in [6.45, 7) is 22.0. The molecule has 0 spiro atoms. The molecule has 368 valence electrons. The first-order valence-electron chi connectivity index (χ1n) is 24.0. The number of aliphatic hydroxyl groups is 1. The number of carbonyl (C=O) groups excluding carboxylic acids is 2. The molecule has 6 aromatic rings. The summed E-state index contributed by atoms with van der Waals surface area (Å²) in [6, 6.07) is 18.7. The third-order valence-electron chi connectivity index (χ3n) is 12.5. The predicted octanol–water partition coefficient (Wildman–Crippen LogP) is 9.34. The van der Waals surface area contributed by atoms with Crippen molar-refractivity contribution in [1.82, 2.24) is 30.7 Å². The van der Waals surface area contributed by atoms with Crippen LogP contribution in [0.4, 0.5) is 0 Å². The van der Waals surface area contributed by atoms with Gasteiger partial charge in [-0.15, -0.1) is 0 Å². The number of nitrogens with one attached hydrogen (secondary N) is 2. The van der Waals surface area contributed by atoms with Crippen LogP contribution in [0, 0.1) is 0 Å². The van der Waals surface area contributed by atoms with Crippen molar-refractivity contribution < 1.29 is 44.2 Å². The molecule has 7 N–H and O–H groups in total. The highest BCUT2D eigenvalue weighted by Gasteiger charge is 2.30. The zero-order valence-corrected chi connectivity index (χ0v) is 41.5. The van der Waals surface area contributed by atoms with Gasteiger partial charge in [-0.1, -0.05) is 88.3 Å². The van der Waals surface area contributed by atoms with E-state index in [9.17, 15) is 30.0 Å². The maximum atomic E-state index is 12.9. The van der Waals surface area contributed by atoms with Gasteiger partial charge in [0.15, 0.2) is 0 Å². The Labute approximate surface area is 404 Å². The van der Waals surface area contributed by atoms with Gasteiger partial charge in [0.1, 0.15) is 34.4 Å². The van der Waals surface area contributed by atoms with Crippen molar-refractivity contribution in [3.63, 3.8) is 0 Å². The molecule has 0 saturated carbocycles. The van der Waals surface area contributed by atoms with Crippen LogP contribution < -0.4 is 10.6 Å². The highest BCUT2D eigenvalue weighted by Crippen LogP contribution is 2.45. The fourth-order valence-electron chi connectivity index (χ4n) is 8.80. The number of rotatable bonds is 12. The van der Waals surface area contributed by atoms with Crippen molar-refractivity contribution >= 4 is 11.8 Å². The lowest BCUT2D eigenvalue weighted by Gasteiger charge is -2.32. The summed E-state index contributed by atoms with van der Waals surface area (Å²) in [4.78, 5) is 30.4. The van der Waals surface area contributed by atoms with E-state index in [1.54, 1.807) is 12.1 Å². The number of phenols is 4. The Morgan fingerprint density at radius 3 is 1.55 bits per heavy atom. The molecule has 69 heavy (non-hydrogen) atoms. The summed E-state index contributed by atoms with van der Waals surface area (Å²) < 4.78 is 11.0. The van der Waals surface area contributed by atoms with Crippen LogP contribution in [0.3, 0.4) is 0 Å². The van der Waals surface area contributed by atoms with Gasteiger partial charge in [-0.05, 0) is 109 Å². The van der Waals surface area contributed by atoms with Crippen LogP contribution in [0.15, 0.2) is 69.7 Å². The highest BCUT2D eigenvalue weighted by atomic mass is 16.5. The summed E-state index contributed by atoms with van der Waals surface area (Å²) in [5.41, 5.74) is 10.3. The van der Waals surface area contributed by atoms with Gasteiger partial charge in [0.25, 0.3) is 11.8 Å². The number of nitrogens with zero attached hydrogens (tertiary/aromatic N) is 4. The Morgan fingerprint density at radius 1 is 0.638 bits per heavy atom. The summed E-state index contributed by atoms with van der Waals surface area (Å²) in [5.74, 6) is -0.973. The molecule has 0 bridgehead atoms. The summed E-state index contributed by atoms with van der Waals surface area (Å²) in [6.07, 6.45) is 1.80. The van der Waals surface area contributed by atoms with E-state index in [1.807, 2.05) is 72.7 Å². The van der Waals surface area contributed by atoms with Gasteiger partial charge < -0.3 is 50.1 Å². The van der Waals surface area contributed by atoms with Gasteiger partial charge in [-0.25, -0.2) is 0 Å². The fourth-order valence-corrected chi connectivity index (χ4v) is 8.80. The van der Waals surface area contributed by atoms with Crippen molar-refractivity contribution in [2.75, 3.05) is 39.8 Å². The molecule has 2 aliphatic heterocycles. The zero-order valence-electron chi connectivity index (χ0n) is 41.5. The largest absolute Gasteiger partial charge is 0.508 e. The first-order chi connectivity index (χ1) is 33.0. The number of carbonyl (C=O) groups is 2. The number of aromatic hydroxyl groups is 4. The predicted molar refractivity (Wildman–Crippen MR) is 268 cm³/mol. The minimum atomic E-state index is -0.502. The molecule has 4 aromatic carbocycles. The normalized spacial score (nSPS) is 13.6. The van der Waals surface area contributed by atoms with Gasteiger partial charge in [-0.2, -0.15) is 0 Å². The molecule has 0 fully saturated rings. The molecule has 2 amide bonds. The first kappa shape index (κ1) is 51.7. The Hall–Kier alpha value is -6.68. The Balaban J connectivity index is 0.000000219. The van der Waals surface area contributed by atoms with E-state index in [2.05, 4.69) is 63.8 Å². The van der Waals surface area contributed by atoms with E-state index in [4.69, 9.17) is 14.2 Å². The Bertz CT molecular complexity index is 2770. The number of aliphatic hydroxyl groups excluding tert-OH is 1. The van der Waals surface area contributed by atoms with Crippen LogP contribution in [-0.2, 0) is 25.9 Å². The van der Waals surface area contributed by atoms with Gasteiger partial charge >= 0.3 is 0 Å². The summed E-state index contributed by atoms with van der Waals surface area (Å²) >= 11 is 0. The van der Waals surface area contributed by atoms with Crippen LogP contribution in [0.1, 0.15) is 129 Å². The van der Waals surface area contributed by atoms with Crippen molar-refractivity contribution in [3.05, 3.63) is 106 Å². The average molecular weight is 945 g/mol. The third-order valence-corrected chi connectivity index (χ3v) is 12.5. The molecule has 2 aliphatic rings. The monoisotopic (exact) mass is 945 g/mol. The van der Waals surface area contributed by atoms with Gasteiger partial charge in [0.2, 0.25) is 11.5 Å². The Kier molecular flexibility index (Phi) is 16.9. The van der Waals surface area contributed by atoms with E-state index in [-0.39, 0.29) is 65.4 Å². The quantitative estimate of drug-likeness (QED) is 0.0609. The highest BCUT2D eigenvalue weighted by molar-refractivity contribution is 6.03. The topological polar surface area (TPSA) is 218 Å². The number of benzene rings is 4. The lowest BCUT2D eigenvalue weighted by Crippen LogP contribution is -2.35. The molecule has 15 nitrogen and oxygen atoms in total. The molecule has 0 aliphatic carbocycles. The summed E-state index contributed by atoms with van der Waals surface area (Å²) in [7, 11) is 2.08. The molecule has 0 unspecified atom stereocenters. The SMILES string of the molecule is CC.CC(C)c1cc(-c2noc(C(=O)NCCO)c2-c2ccc3c(c2)CCN(C)C3)c(O)cc1O.CCNC(=O)c1onc(-c2cc(C(C)C)c(O)cc2O)c1-c1ccc2c(c1)CCN(C(C)C)C2. The number of likely N-dealkylation sites (N-methyl/N-ethyl adjacent to an activating group) is 1. The standard InChI is InChI=1S/C27H33N3O4.C25H29N3O5.C2H6/c1-6-28-27(33)26-24(18-7-8-19-14-30(16(4)5)10-9-17(19)11-18)25(29-34-26)21-12-20(15(2)3)22(31)13-23(21)32;1-14(2)18-11-19(21(31)12-20(18)30)23-22(24(33-27-23)25(32)26-7-9-29)16-4-5-17-13-28(3)8-6-15(17)10-16;1-2/h7-8,11-13,15-16,31-32H,6,9-10,14H2,1-5H3,(H,28,33);4-5,10-12,14,29-31H,6-9,13H2,1-3H3,(H,26,32);1-2H3. The number of phenolic OH excluding ortho intramolecular Hbond substituents is 4. The van der Waals surface area contributed by atoms with Crippen molar-refractivity contribution in [1.29, 1.82) is 0 Å². The van der Waals surface area contributed by atoms with Crippen LogP contribution in [-0.4, -0.2) is 103 Å². The molecular weight excluding hydrogens is 877 g/mol. The van der Waals surface area contributed by atoms with E-state index < -0.39 is 5.91 Å². The number of fused-ring (bicyclic) bond motifs is 2. The maximum Gasteiger partial charge on any atom is 0.290 e. The molecule has 8 rings (SSSR count). The lowest BCUT2D eigenvalue weighted by molar-refractivity contribution is 0.0905. The van der Waals surface area contributed by atoms with Crippen LogP contribution in [0.5, 0.6) is 23.0 Å². The van der Waals surface area contributed by atoms with Gasteiger partial charge in [0.05, 0.1) is 17.7 Å². The minimum Gasteiger partial charge on any atom is -0.508 e. The van der Waals surface area contributed by atoms with Crippen LogP contribution in [0.25, 0.3) is 44.8 Å². The van der Waals surface area contributed by atoms with E-state index in [0.29, 0.717) is 57.4 Å². The van der Waals surface area contributed by atoms with Crippen molar-refractivity contribution in [3.8, 4) is 67.8 Å². The van der Waals surface area contributed by atoms with E-state index in [1.165, 1.54) is 34.4 Å². The van der Waals surface area contributed by atoms with Crippen LogP contribution in [0.2, 0.25) is 0 Å². The number of amides is 2. The summed E-state index contributed by atoms with van der Waals surface area (Å²) in [5, 5.41) is 64.8. The van der Waals surface area contributed by atoms with E-state index >= 15 is 0 Å². The second-order valence-electron chi connectivity index (χ2n) is 18.2. The molecule has 15 heteroatoms. The zero-order chi connectivity index (χ0) is 50.3. The number of hydrogen-bond donors (Lipinski definition) is 7. The van der Waals surface area contributed by atoms with Crippen molar-refractivity contribution in [2.45, 2.75) is 106 Å². The minimum absolute atomic E-state index is 0.00453. The smallest absolute Gasteiger partial charge is 0.290 e. The average Bonchev–Trinajstić information content (AvgIpc) is 3.97. The second-order valence-corrected chi connectivity index (χ2v) is 18.2. The molecule has 0 atom stereocenters. The molecule has 2 aromatic heterocycles. The van der Waals surface area contributed by atoms with Gasteiger partial charge in [0, 0.05) is 68.6 Å². The Morgan fingerprint density at radius 2 is 1.10 bits per heavy atom. The van der Waals surface area contributed by atoms with Gasteiger partial charge in [-0.3, -0.25) is 14.5 Å². The maximum absolute atomic E-state index is 12.9. The van der Waals surface area contributed by atoms with Crippen molar-refractivity contribution in [2.24, 2.45) is 0 Å². The molecule has 0 saturated heterocycles. The lowest BCUT2D eigenvalue weighted by atomic mass is 9.90. The molecular formula is C54H68N6O9.